The van der Waals surface area contributed by atoms with E-state index in [0.717, 1.165) is 10.8 Å². The van der Waals surface area contributed by atoms with E-state index in [1.54, 1.807) is 39.0 Å². The van der Waals surface area contributed by atoms with E-state index in [0.29, 0.717) is 12.8 Å². The second-order valence-electron chi connectivity index (χ2n) is 10.7. The highest BCUT2D eigenvalue weighted by Gasteiger charge is 2.39. The topological polar surface area (TPSA) is 105 Å². The fourth-order valence-electron chi connectivity index (χ4n) is 4.30. The standard InChI is InChI=1S/C26H37N3O5S2/c1-17(2)12-23(28-25(31)34-26(3,4)5)24(30)27-15-20-14-21(35)16-29(20)36(32,33)22-11-10-18-8-6-7-9-19(18)13-22/h6-11,13,17,20-21,23,35H,12,14-16H2,1-5H3,(H,27,30)(H,28,31)/t20-,21+,23-/m0/s1. The van der Waals surface area contributed by atoms with Gasteiger partial charge in [-0.1, -0.05) is 44.2 Å². The third-order valence-corrected chi connectivity index (χ3v) is 8.18. The predicted molar refractivity (Wildman–Crippen MR) is 145 cm³/mol. The van der Waals surface area contributed by atoms with Gasteiger partial charge in [0.15, 0.2) is 0 Å². The second-order valence-corrected chi connectivity index (χ2v) is 13.3. The van der Waals surface area contributed by atoms with Crippen molar-refractivity contribution >= 4 is 45.4 Å². The lowest BCUT2D eigenvalue weighted by Crippen LogP contribution is -2.51. The molecule has 8 nitrogen and oxygen atoms in total. The summed E-state index contributed by atoms with van der Waals surface area (Å²) in [5, 5.41) is 7.16. The van der Waals surface area contributed by atoms with E-state index in [2.05, 4.69) is 23.3 Å². The minimum absolute atomic E-state index is 0.118. The Balaban J connectivity index is 1.72. The molecule has 2 aromatic carbocycles. The summed E-state index contributed by atoms with van der Waals surface area (Å²) in [6, 6.07) is 11.4. The number of hydrogen-bond acceptors (Lipinski definition) is 6. The summed E-state index contributed by atoms with van der Waals surface area (Å²) >= 11 is 4.54. The van der Waals surface area contributed by atoms with Crippen LogP contribution in [0.15, 0.2) is 47.4 Å². The van der Waals surface area contributed by atoms with Crippen LogP contribution in [0.3, 0.4) is 0 Å². The first-order valence-electron chi connectivity index (χ1n) is 12.2. The third kappa shape index (κ3) is 7.36. The summed E-state index contributed by atoms with van der Waals surface area (Å²) in [6.45, 7) is 9.54. The van der Waals surface area contributed by atoms with Gasteiger partial charge in [-0.25, -0.2) is 13.2 Å². The Hall–Kier alpha value is -2.30. The molecule has 0 aromatic heterocycles. The lowest BCUT2D eigenvalue weighted by molar-refractivity contribution is -0.123. The van der Waals surface area contributed by atoms with Crippen LogP contribution in [-0.4, -0.2) is 60.7 Å². The summed E-state index contributed by atoms with van der Waals surface area (Å²) in [6.07, 6.45) is 0.259. The van der Waals surface area contributed by atoms with Crippen LogP contribution in [-0.2, 0) is 19.6 Å². The molecule has 0 radical (unpaired) electrons. The van der Waals surface area contributed by atoms with Crippen LogP contribution in [0.25, 0.3) is 10.8 Å². The van der Waals surface area contributed by atoms with Gasteiger partial charge in [0.2, 0.25) is 15.9 Å². The second kappa shape index (κ2) is 11.4. The number of amides is 2. The maximum atomic E-state index is 13.5. The Labute approximate surface area is 219 Å². The smallest absolute Gasteiger partial charge is 0.408 e. The molecule has 0 bridgehead atoms. The monoisotopic (exact) mass is 535 g/mol. The van der Waals surface area contributed by atoms with Crippen LogP contribution in [0, 0.1) is 5.92 Å². The predicted octanol–water partition coefficient (Wildman–Crippen LogP) is 3.96. The minimum atomic E-state index is -3.80. The van der Waals surface area contributed by atoms with E-state index in [1.165, 1.54) is 4.31 Å². The van der Waals surface area contributed by atoms with Gasteiger partial charge in [0.05, 0.1) is 4.90 Å². The van der Waals surface area contributed by atoms with Gasteiger partial charge in [0.1, 0.15) is 11.6 Å². The van der Waals surface area contributed by atoms with Crippen molar-refractivity contribution in [1.29, 1.82) is 0 Å². The fraction of sp³-hybridized carbons (Fsp3) is 0.538. The van der Waals surface area contributed by atoms with Gasteiger partial charge in [-0.3, -0.25) is 4.79 Å². The van der Waals surface area contributed by atoms with Crippen molar-refractivity contribution in [3.63, 3.8) is 0 Å². The molecule has 0 spiro atoms. The van der Waals surface area contributed by atoms with Crippen LogP contribution in [0.1, 0.15) is 47.5 Å². The van der Waals surface area contributed by atoms with Crippen LogP contribution in [0.4, 0.5) is 4.79 Å². The molecule has 3 rings (SSSR count). The van der Waals surface area contributed by atoms with Crippen molar-refractivity contribution in [2.75, 3.05) is 13.1 Å². The highest BCUT2D eigenvalue weighted by atomic mass is 32.2. The number of alkyl carbamates (subject to hydrolysis) is 1. The van der Waals surface area contributed by atoms with Gasteiger partial charge >= 0.3 is 6.09 Å². The number of ether oxygens (including phenoxy) is 1. The molecule has 2 amide bonds. The molecule has 10 heteroatoms. The van der Waals surface area contributed by atoms with Gasteiger partial charge in [-0.15, -0.1) is 0 Å². The van der Waals surface area contributed by atoms with E-state index < -0.39 is 33.8 Å². The summed E-state index contributed by atoms with van der Waals surface area (Å²) in [5.74, 6) is -0.228. The molecule has 1 heterocycles. The lowest BCUT2D eigenvalue weighted by atomic mass is 10.0. The molecule has 2 aromatic rings. The molecule has 0 unspecified atom stereocenters. The molecule has 0 saturated carbocycles. The zero-order valence-corrected chi connectivity index (χ0v) is 23.2. The van der Waals surface area contributed by atoms with Gasteiger partial charge < -0.3 is 15.4 Å². The maximum absolute atomic E-state index is 13.5. The van der Waals surface area contributed by atoms with Crippen molar-refractivity contribution in [2.45, 2.75) is 75.3 Å². The number of nitrogens with zero attached hydrogens (tertiary/aromatic N) is 1. The van der Waals surface area contributed by atoms with Crippen LogP contribution in [0.5, 0.6) is 0 Å². The third-order valence-electron chi connectivity index (χ3n) is 5.90. The summed E-state index contributed by atoms with van der Waals surface area (Å²) < 4.78 is 33.8. The minimum Gasteiger partial charge on any atom is -0.444 e. The molecule has 1 aliphatic rings. The number of hydrogen-bond donors (Lipinski definition) is 3. The van der Waals surface area contributed by atoms with Crippen molar-refractivity contribution in [1.82, 2.24) is 14.9 Å². The van der Waals surface area contributed by atoms with Crippen LogP contribution >= 0.6 is 12.6 Å². The molecule has 1 saturated heterocycles. The number of sulfonamides is 1. The molecule has 0 aliphatic carbocycles. The van der Waals surface area contributed by atoms with E-state index in [-0.39, 0.29) is 35.1 Å². The average Bonchev–Trinajstić information content (AvgIpc) is 3.16. The number of benzene rings is 2. The Morgan fingerprint density at radius 2 is 1.81 bits per heavy atom. The Bertz CT molecular complexity index is 1190. The van der Waals surface area contributed by atoms with Gasteiger partial charge in [0, 0.05) is 24.4 Å². The van der Waals surface area contributed by atoms with E-state index in [1.807, 2.05) is 38.1 Å². The van der Waals surface area contributed by atoms with E-state index >= 15 is 0 Å². The molecule has 1 aliphatic heterocycles. The van der Waals surface area contributed by atoms with Crippen LogP contribution < -0.4 is 10.6 Å². The maximum Gasteiger partial charge on any atom is 0.408 e. The van der Waals surface area contributed by atoms with Crippen molar-refractivity contribution in [3.05, 3.63) is 42.5 Å². The fourth-order valence-corrected chi connectivity index (χ4v) is 6.55. The van der Waals surface area contributed by atoms with Gasteiger partial charge in [0.25, 0.3) is 0 Å². The molecule has 3 atom stereocenters. The number of fused-ring (bicyclic) bond motifs is 1. The Morgan fingerprint density at radius 1 is 1.14 bits per heavy atom. The normalized spacial score (nSPS) is 19.9. The summed E-state index contributed by atoms with van der Waals surface area (Å²) in [4.78, 5) is 25.5. The molecule has 1 fully saturated rings. The Kier molecular flexibility index (Phi) is 8.95. The number of nitrogens with one attached hydrogen (secondary N) is 2. The number of carbonyl (C=O) groups excluding carboxylic acids is 2. The molecular formula is C26H37N3O5S2. The molecule has 2 N–H and O–H groups in total. The van der Waals surface area contributed by atoms with E-state index in [9.17, 15) is 18.0 Å². The quantitative estimate of drug-likeness (QED) is 0.444. The summed E-state index contributed by atoms with van der Waals surface area (Å²) in [5.41, 5.74) is -0.688. The summed E-state index contributed by atoms with van der Waals surface area (Å²) in [7, 11) is -3.80. The van der Waals surface area contributed by atoms with Gasteiger partial charge in [-0.05, 0) is 62.4 Å². The van der Waals surface area contributed by atoms with Crippen LogP contribution in [0.2, 0.25) is 0 Å². The molecule has 198 valence electrons. The number of thiol groups is 1. The van der Waals surface area contributed by atoms with Crippen molar-refractivity contribution < 1.29 is 22.7 Å². The molecule has 36 heavy (non-hydrogen) atoms. The number of rotatable bonds is 8. The average molecular weight is 536 g/mol. The highest BCUT2D eigenvalue weighted by molar-refractivity contribution is 7.89. The number of carbonyl (C=O) groups is 2. The molecular weight excluding hydrogens is 498 g/mol. The SMILES string of the molecule is CC(C)C[C@H](NC(=O)OC(C)(C)C)C(=O)NC[C@@H]1C[C@@H](S)CN1S(=O)(=O)c1ccc2ccccc2c1. The Morgan fingerprint density at radius 3 is 2.44 bits per heavy atom. The van der Waals surface area contributed by atoms with Gasteiger partial charge in [-0.2, -0.15) is 16.9 Å². The van der Waals surface area contributed by atoms with Crippen molar-refractivity contribution in [2.24, 2.45) is 5.92 Å². The first kappa shape index (κ1) is 28.3. The highest BCUT2D eigenvalue weighted by Crippen LogP contribution is 2.30. The first-order chi connectivity index (χ1) is 16.8. The van der Waals surface area contributed by atoms with E-state index in [4.69, 9.17) is 4.74 Å². The largest absolute Gasteiger partial charge is 0.444 e. The lowest BCUT2D eigenvalue weighted by Gasteiger charge is -2.27. The first-order valence-corrected chi connectivity index (χ1v) is 14.2. The zero-order chi connectivity index (χ0) is 26.7. The van der Waals surface area contributed by atoms with Crippen molar-refractivity contribution in [3.8, 4) is 0 Å². The zero-order valence-electron chi connectivity index (χ0n) is 21.5.